The summed E-state index contributed by atoms with van der Waals surface area (Å²) in [6, 6.07) is 75.3. The smallest absolute Gasteiger partial charge is 0.148 e. The van der Waals surface area contributed by atoms with Gasteiger partial charge in [0.2, 0.25) is 0 Å². The summed E-state index contributed by atoms with van der Waals surface area (Å²) in [7, 11) is 0. The van der Waals surface area contributed by atoms with E-state index in [1.807, 2.05) is 127 Å². The van der Waals surface area contributed by atoms with Gasteiger partial charge in [-0.15, -0.1) is 23.8 Å². The van der Waals surface area contributed by atoms with Crippen LogP contribution in [0, 0.1) is 19.8 Å². The molecule has 0 aliphatic heterocycles. The number of fused-ring (bicyclic) bond motifs is 1. The number of aryl methyl sites for hydroxylation is 2. The van der Waals surface area contributed by atoms with E-state index in [9.17, 15) is 5.11 Å². The molecule has 0 bridgehead atoms. The van der Waals surface area contributed by atoms with Crippen LogP contribution in [0.2, 0.25) is 0 Å². The van der Waals surface area contributed by atoms with Gasteiger partial charge in [-0.1, -0.05) is 207 Å². The Morgan fingerprint density at radius 3 is 1.72 bits per heavy atom. The molecule has 4 nitrogen and oxygen atoms in total. The summed E-state index contributed by atoms with van der Waals surface area (Å²) in [6.45, 7) is 5.78. The average molecular weight is 1100 g/mol. The Hall–Kier alpha value is -7.91. The molecule has 0 saturated heterocycles. The van der Waals surface area contributed by atoms with Gasteiger partial charge in [-0.2, -0.15) is 0 Å². The van der Waals surface area contributed by atoms with E-state index in [0.29, 0.717) is 33.7 Å². The van der Waals surface area contributed by atoms with Crippen molar-refractivity contribution in [3.8, 4) is 101 Å². The Morgan fingerprint density at radius 2 is 1.06 bits per heavy atom. The van der Waals surface area contributed by atoms with Crippen LogP contribution in [0.5, 0.6) is 5.75 Å². The fraction of sp³-hybridized carbons (Fsp3) is 0.0909. The van der Waals surface area contributed by atoms with Crippen molar-refractivity contribution in [3.05, 3.63) is 241 Å². The minimum Gasteiger partial charge on any atom is -0.507 e. The summed E-state index contributed by atoms with van der Waals surface area (Å²) < 4.78 is 29.3. The summed E-state index contributed by atoms with van der Waals surface area (Å²) >= 11 is 0. The molecule has 2 aromatic heterocycles. The Morgan fingerprint density at radius 1 is 0.493 bits per heavy atom. The molecule has 0 aliphatic carbocycles. The number of pyridine rings is 1. The van der Waals surface area contributed by atoms with Crippen molar-refractivity contribution >= 4 is 11.0 Å². The number of nitrogens with zero attached hydrogens (tertiary/aromatic N) is 3. The van der Waals surface area contributed by atoms with Crippen LogP contribution in [-0.4, -0.2) is 19.6 Å². The monoisotopic (exact) mass is 1100 g/mol. The van der Waals surface area contributed by atoms with Crippen molar-refractivity contribution < 1.29 is 30.3 Å². The summed E-state index contributed by atoms with van der Waals surface area (Å²) in [5.41, 5.74) is 17.1. The van der Waals surface area contributed by atoms with E-state index < -0.39 is 6.85 Å². The van der Waals surface area contributed by atoms with Gasteiger partial charge in [-0.25, -0.2) is 4.98 Å². The predicted octanol–water partition coefficient (Wildman–Crippen LogP) is 17.2. The first-order chi connectivity index (χ1) is 35.3. The fourth-order valence-corrected chi connectivity index (χ4v) is 9.52. The van der Waals surface area contributed by atoms with Gasteiger partial charge in [0.05, 0.1) is 22.3 Å². The molecule has 0 radical (unpaired) electrons. The van der Waals surface area contributed by atoms with Gasteiger partial charge < -0.3 is 5.11 Å². The van der Waals surface area contributed by atoms with Gasteiger partial charge in [0.1, 0.15) is 11.6 Å². The molecule has 0 fully saturated rings. The number of aromatic hydroxyl groups is 1. The molecule has 0 unspecified atom stereocenters. The van der Waals surface area contributed by atoms with Gasteiger partial charge in [0, 0.05) is 37.1 Å². The van der Waals surface area contributed by atoms with E-state index in [-0.39, 0.29) is 37.8 Å². The van der Waals surface area contributed by atoms with E-state index in [1.54, 1.807) is 6.07 Å². The quantitative estimate of drug-likeness (QED) is 0.147. The van der Waals surface area contributed by atoms with Crippen molar-refractivity contribution in [2.45, 2.75) is 40.0 Å². The molecule has 11 rings (SSSR count). The normalized spacial score (nSPS) is 12.2. The zero-order valence-electron chi connectivity index (χ0n) is 42.9. The van der Waals surface area contributed by atoms with Gasteiger partial charge in [-0.05, 0) is 116 Å². The van der Waals surface area contributed by atoms with Crippen LogP contribution in [0.15, 0.2) is 219 Å². The third kappa shape index (κ3) is 9.20. The minimum absolute atomic E-state index is 0. The van der Waals surface area contributed by atoms with Crippen molar-refractivity contribution in [3.63, 3.8) is 0 Å². The zero-order valence-corrected chi connectivity index (χ0v) is 42.2. The first kappa shape index (κ1) is 43.1. The van der Waals surface area contributed by atoms with E-state index in [2.05, 4.69) is 124 Å². The Balaban J connectivity index is 0.00000626. The molecule has 9 aromatic carbocycles. The van der Waals surface area contributed by atoms with Crippen molar-refractivity contribution in [1.29, 1.82) is 0 Å². The van der Waals surface area contributed by atoms with Crippen LogP contribution in [0.4, 0.5) is 0 Å². The fourth-order valence-electron chi connectivity index (χ4n) is 9.52. The van der Waals surface area contributed by atoms with Crippen molar-refractivity contribution in [1.82, 2.24) is 14.5 Å². The molecular weight excluding hydrogens is 1050 g/mol. The Bertz CT molecular complexity index is 3830. The third-order valence-electron chi connectivity index (χ3n) is 13.3. The summed E-state index contributed by atoms with van der Waals surface area (Å²) in [5.74, 6) is 0.500. The van der Waals surface area contributed by atoms with E-state index >= 15 is 0 Å². The molecule has 0 atom stereocenters. The second kappa shape index (κ2) is 19.5. The topological polar surface area (TPSA) is 50.9 Å². The number of rotatable bonds is 9. The van der Waals surface area contributed by atoms with Gasteiger partial charge in [-0.3, -0.25) is 9.55 Å². The Kier molecular flexibility index (Phi) is 11.8. The summed E-state index contributed by atoms with van der Waals surface area (Å²) in [4.78, 5) is 10.4. The van der Waals surface area contributed by atoms with Crippen molar-refractivity contribution in [2.75, 3.05) is 0 Å². The standard InChI is InChI=1S/C66H52N3O.Pt/c1-43-36-51(57-25-16-15-24-56(57)49-22-13-8-14-23-49)32-33-61(43)69-62-27-17-26-58(63(62)68-65(69)59-42-55(66(3,4)5)37-44(2)64(59)70)53-38-52(46-20-11-7-12-21-46)39-54(40-53)60-41-50(34-35-67-60)48-30-28-47(29-31-48)45-18-9-6-10-19-45;/h6-39,41-42,70H,1-5H3;/q-1;/i1D3;. The van der Waals surface area contributed by atoms with Crippen LogP contribution in [0.3, 0.4) is 0 Å². The van der Waals surface area contributed by atoms with Crippen LogP contribution < -0.4 is 0 Å². The number of benzene rings is 9. The average Bonchev–Trinajstić information content (AvgIpc) is 3.81. The maximum absolute atomic E-state index is 12.1. The SMILES string of the molecule is [2H]C([2H])([2H])c1cc(-c2ccccc2-c2ccccc2)ccc1-n1c(-c2cc(C(C)(C)C)cc(C)c2O)nc2c(-c3[c-]c(-c4cc(-c5ccc(-c6ccccc6)cc5)ccn4)cc(-c4ccccc4)c3)cccc21.[Pt]. The molecule has 11 aromatic rings. The van der Waals surface area contributed by atoms with Gasteiger partial charge >= 0.3 is 0 Å². The van der Waals surface area contributed by atoms with Crippen LogP contribution in [0.25, 0.3) is 106 Å². The van der Waals surface area contributed by atoms with E-state index in [0.717, 1.165) is 83.6 Å². The van der Waals surface area contributed by atoms with Crippen molar-refractivity contribution in [2.24, 2.45) is 0 Å². The zero-order chi connectivity index (χ0) is 50.4. The molecule has 1 N–H and O–H groups in total. The molecule has 2 heterocycles. The number of imidazole rings is 1. The molecule has 0 saturated carbocycles. The maximum atomic E-state index is 12.1. The summed E-state index contributed by atoms with van der Waals surface area (Å²) in [5, 5.41) is 12.1. The molecule has 0 aliphatic rings. The van der Waals surface area contributed by atoms with Crippen LogP contribution >= 0.6 is 0 Å². The maximum Gasteiger partial charge on any atom is 0.148 e. The van der Waals surface area contributed by atoms with E-state index in [1.165, 1.54) is 0 Å². The number of aromatic nitrogens is 3. The molecule has 0 amide bonds. The molecule has 0 spiro atoms. The first-order valence-electron chi connectivity index (χ1n) is 25.2. The molecule has 348 valence electrons. The van der Waals surface area contributed by atoms with Crippen LogP contribution in [0.1, 0.15) is 41.6 Å². The van der Waals surface area contributed by atoms with Gasteiger partial charge in [0.25, 0.3) is 0 Å². The minimum atomic E-state index is -2.54. The molecular formula is C66H52N3OPt-. The largest absolute Gasteiger partial charge is 0.507 e. The predicted molar refractivity (Wildman–Crippen MR) is 291 cm³/mol. The number of hydrogen-bond acceptors (Lipinski definition) is 3. The second-order valence-electron chi connectivity index (χ2n) is 19.0. The van der Waals surface area contributed by atoms with E-state index in [4.69, 9.17) is 14.1 Å². The number of hydrogen-bond donors (Lipinski definition) is 1. The second-order valence-corrected chi connectivity index (χ2v) is 19.0. The first-order valence-corrected chi connectivity index (χ1v) is 23.7. The third-order valence-corrected chi connectivity index (χ3v) is 13.3. The molecule has 71 heavy (non-hydrogen) atoms. The number of phenolic OH excluding ortho intramolecular Hbond substituents is 1. The van der Waals surface area contributed by atoms with Gasteiger partial charge in [0.15, 0.2) is 0 Å². The Labute approximate surface area is 435 Å². The number of phenols is 1. The summed E-state index contributed by atoms with van der Waals surface area (Å²) in [6.07, 6.45) is 1.85. The van der Waals surface area contributed by atoms with Crippen LogP contribution in [-0.2, 0) is 26.5 Å². The number of para-hydroxylation sites is 1. The molecule has 5 heteroatoms.